The third-order valence-electron chi connectivity index (χ3n) is 4.87. The van der Waals surface area contributed by atoms with E-state index in [1.54, 1.807) is 0 Å². The summed E-state index contributed by atoms with van der Waals surface area (Å²) in [5, 5.41) is 20.4. The first kappa shape index (κ1) is 23.9. The van der Waals surface area contributed by atoms with Gasteiger partial charge in [-0.05, 0) is 25.0 Å². The zero-order valence-electron chi connectivity index (χ0n) is 16.4. The summed E-state index contributed by atoms with van der Waals surface area (Å²) in [5.41, 5.74) is 2.82. The van der Waals surface area contributed by atoms with Crippen LogP contribution in [0, 0.1) is 0 Å². The quantitative estimate of drug-likeness (QED) is 0.435. The van der Waals surface area contributed by atoms with Gasteiger partial charge in [-0.1, -0.05) is 24.3 Å². The molecule has 0 aromatic heterocycles. The molecule has 0 bridgehead atoms. The Hall–Kier alpha value is 1.24. The molecule has 2 nitrogen and oxygen atoms in total. The highest BCUT2D eigenvalue weighted by molar-refractivity contribution is 8.22. The van der Waals surface area contributed by atoms with E-state index in [9.17, 15) is 10.2 Å². The SMILES string of the molecule is CC(SCC1SCC(CO)S1)c1ccc(C(C)SCC2SCC(CO)S2)cc1. The third-order valence-corrected chi connectivity index (χ3v) is 14.8. The maximum Gasteiger partial charge on any atom is 0.0597 e. The summed E-state index contributed by atoms with van der Waals surface area (Å²) < 4.78 is 1.24. The van der Waals surface area contributed by atoms with Crippen molar-refractivity contribution in [2.75, 3.05) is 36.2 Å². The van der Waals surface area contributed by atoms with Crippen molar-refractivity contribution < 1.29 is 10.2 Å². The lowest BCUT2D eigenvalue weighted by atomic mass is 10.1. The highest BCUT2D eigenvalue weighted by atomic mass is 32.2. The van der Waals surface area contributed by atoms with Crippen LogP contribution >= 0.6 is 70.6 Å². The molecule has 2 fully saturated rings. The van der Waals surface area contributed by atoms with E-state index in [1.807, 2.05) is 70.6 Å². The van der Waals surface area contributed by atoms with Gasteiger partial charge in [0.15, 0.2) is 0 Å². The average molecular weight is 495 g/mol. The molecule has 3 rings (SSSR count). The molecule has 1 aromatic rings. The van der Waals surface area contributed by atoms with Crippen molar-refractivity contribution in [2.24, 2.45) is 0 Å². The van der Waals surface area contributed by atoms with Crippen molar-refractivity contribution in [1.29, 1.82) is 0 Å². The van der Waals surface area contributed by atoms with Crippen LogP contribution in [0.1, 0.15) is 35.5 Å². The van der Waals surface area contributed by atoms with Crippen LogP contribution in [0.5, 0.6) is 0 Å². The number of benzene rings is 1. The standard InChI is InChI=1S/C20H30O2S6/c1-13(23-11-19-25-9-17(7-21)27-19)15-3-5-16(6-4-15)14(2)24-12-20-26-10-18(8-22)28-20/h3-6,13-14,17-22H,7-12H2,1-2H3. The van der Waals surface area contributed by atoms with Gasteiger partial charge in [-0.15, -0.1) is 47.0 Å². The predicted molar refractivity (Wildman–Crippen MR) is 138 cm³/mol. The van der Waals surface area contributed by atoms with Gasteiger partial charge in [-0.3, -0.25) is 0 Å². The number of rotatable bonds is 10. The second-order valence-electron chi connectivity index (χ2n) is 7.02. The Balaban J connectivity index is 1.41. The topological polar surface area (TPSA) is 40.5 Å². The fraction of sp³-hybridized carbons (Fsp3) is 0.700. The van der Waals surface area contributed by atoms with Crippen molar-refractivity contribution >= 4 is 70.6 Å². The molecule has 6 unspecified atom stereocenters. The zero-order valence-corrected chi connectivity index (χ0v) is 21.3. The Morgan fingerprint density at radius 1 is 0.821 bits per heavy atom. The van der Waals surface area contributed by atoms with E-state index in [0.717, 1.165) is 23.0 Å². The Bertz CT molecular complexity index is 536. The third kappa shape index (κ3) is 7.14. The molecule has 1 aromatic carbocycles. The summed E-state index contributed by atoms with van der Waals surface area (Å²) >= 11 is 11.9. The predicted octanol–water partition coefficient (Wildman–Crippen LogP) is 5.61. The van der Waals surface area contributed by atoms with E-state index in [2.05, 4.69) is 38.1 Å². The lowest BCUT2D eigenvalue weighted by molar-refractivity contribution is 0.301. The maximum atomic E-state index is 9.28. The molecule has 2 aliphatic heterocycles. The molecule has 2 saturated heterocycles. The van der Waals surface area contributed by atoms with Crippen LogP contribution in [0.2, 0.25) is 0 Å². The van der Waals surface area contributed by atoms with Gasteiger partial charge >= 0.3 is 0 Å². The number of hydrogen-bond donors (Lipinski definition) is 2. The van der Waals surface area contributed by atoms with Gasteiger partial charge < -0.3 is 10.2 Å². The van der Waals surface area contributed by atoms with E-state index >= 15 is 0 Å². The molecule has 0 aliphatic carbocycles. The van der Waals surface area contributed by atoms with Crippen molar-refractivity contribution in [3.63, 3.8) is 0 Å². The summed E-state index contributed by atoms with van der Waals surface area (Å²) in [5.74, 6) is 4.46. The largest absolute Gasteiger partial charge is 0.395 e. The first-order valence-electron chi connectivity index (χ1n) is 9.68. The highest BCUT2D eigenvalue weighted by Crippen LogP contribution is 2.43. The molecule has 2 aliphatic rings. The van der Waals surface area contributed by atoms with Crippen molar-refractivity contribution in [2.45, 2.75) is 44.0 Å². The van der Waals surface area contributed by atoms with Gasteiger partial charge in [-0.25, -0.2) is 0 Å². The Morgan fingerprint density at radius 3 is 1.54 bits per heavy atom. The van der Waals surface area contributed by atoms with E-state index < -0.39 is 0 Å². The Kier molecular flexibility index (Phi) is 10.5. The first-order valence-corrected chi connectivity index (χ1v) is 15.8. The van der Waals surface area contributed by atoms with Crippen molar-refractivity contribution in [3.05, 3.63) is 35.4 Å². The Labute approximate surface area is 195 Å². The Morgan fingerprint density at radius 2 is 1.21 bits per heavy atom. The lowest BCUT2D eigenvalue weighted by Crippen LogP contribution is -2.07. The van der Waals surface area contributed by atoms with E-state index in [4.69, 9.17) is 0 Å². The molecule has 2 heterocycles. The van der Waals surface area contributed by atoms with E-state index in [-0.39, 0.29) is 0 Å². The van der Waals surface area contributed by atoms with Crippen LogP contribution in [-0.4, -0.2) is 66.1 Å². The van der Waals surface area contributed by atoms with Crippen LogP contribution in [0.15, 0.2) is 24.3 Å². The van der Waals surface area contributed by atoms with Crippen LogP contribution < -0.4 is 0 Å². The second-order valence-corrected chi connectivity index (χ2v) is 15.9. The number of aliphatic hydroxyl groups excluding tert-OH is 2. The second kappa shape index (κ2) is 12.3. The fourth-order valence-corrected chi connectivity index (χ4v) is 12.2. The average Bonchev–Trinajstić information content (AvgIpc) is 3.39. The number of hydrogen-bond acceptors (Lipinski definition) is 8. The molecule has 2 N–H and O–H groups in total. The van der Waals surface area contributed by atoms with E-state index in [0.29, 0.717) is 43.4 Å². The first-order chi connectivity index (χ1) is 13.6. The zero-order chi connectivity index (χ0) is 19.9. The van der Waals surface area contributed by atoms with Crippen LogP contribution in [0.3, 0.4) is 0 Å². The summed E-state index contributed by atoms with van der Waals surface area (Å²) in [4.78, 5) is 0. The molecule has 158 valence electrons. The summed E-state index contributed by atoms with van der Waals surface area (Å²) in [6, 6.07) is 9.21. The molecular weight excluding hydrogens is 465 g/mol. The molecule has 0 spiro atoms. The normalized spacial score (nSPS) is 29.9. The van der Waals surface area contributed by atoms with Crippen molar-refractivity contribution in [1.82, 2.24) is 0 Å². The molecule has 0 saturated carbocycles. The summed E-state index contributed by atoms with van der Waals surface area (Å²) in [6.07, 6.45) is 0. The number of thioether (sulfide) groups is 6. The minimum atomic E-state index is 0.312. The van der Waals surface area contributed by atoms with Crippen LogP contribution in [0.25, 0.3) is 0 Å². The highest BCUT2D eigenvalue weighted by Gasteiger charge is 2.27. The minimum Gasteiger partial charge on any atom is -0.395 e. The fourth-order valence-electron chi connectivity index (χ4n) is 3.06. The lowest BCUT2D eigenvalue weighted by Gasteiger charge is -2.17. The number of aliphatic hydroxyl groups is 2. The molecular formula is C20H30O2S6. The summed E-state index contributed by atoms with van der Waals surface area (Å²) in [7, 11) is 0. The van der Waals surface area contributed by atoms with Gasteiger partial charge in [-0.2, -0.15) is 23.5 Å². The smallest absolute Gasteiger partial charge is 0.0597 e. The van der Waals surface area contributed by atoms with Gasteiger partial charge in [0.1, 0.15) is 0 Å². The van der Waals surface area contributed by atoms with Gasteiger partial charge in [0.2, 0.25) is 0 Å². The van der Waals surface area contributed by atoms with Gasteiger partial charge in [0, 0.05) is 44.0 Å². The van der Waals surface area contributed by atoms with Gasteiger partial charge in [0.05, 0.1) is 22.4 Å². The van der Waals surface area contributed by atoms with Crippen LogP contribution in [0.4, 0.5) is 0 Å². The van der Waals surface area contributed by atoms with E-state index in [1.165, 1.54) is 11.1 Å². The molecule has 0 radical (unpaired) electrons. The molecule has 0 amide bonds. The monoisotopic (exact) mass is 494 g/mol. The maximum absolute atomic E-state index is 9.28. The van der Waals surface area contributed by atoms with Gasteiger partial charge in [0.25, 0.3) is 0 Å². The molecule has 28 heavy (non-hydrogen) atoms. The molecule has 6 atom stereocenters. The minimum absolute atomic E-state index is 0.312. The molecule has 8 heteroatoms. The van der Waals surface area contributed by atoms with Crippen LogP contribution in [-0.2, 0) is 0 Å². The summed E-state index contributed by atoms with van der Waals surface area (Å²) in [6.45, 7) is 5.23. The van der Waals surface area contributed by atoms with Crippen molar-refractivity contribution in [3.8, 4) is 0 Å².